The Hall–Kier alpha value is -1.60. The van der Waals surface area contributed by atoms with Gasteiger partial charge in [-0.25, -0.2) is 0 Å². The highest BCUT2D eigenvalue weighted by molar-refractivity contribution is 7.29. The molecule has 0 saturated carbocycles. The third-order valence-corrected chi connectivity index (χ3v) is 15.2. The van der Waals surface area contributed by atoms with Crippen molar-refractivity contribution in [1.29, 1.82) is 0 Å². The highest BCUT2D eigenvalue weighted by Crippen LogP contribution is 2.36. The fourth-order valence-corrected chi connectivity index (χ4v) is 13.2. The number of nitrogens with zero attached hydrogens (tertiary/aromatic N) is 2. The number of allylic oxidation sites excluding steroid dienone is 4. The van der Waals surface area contributed by atoms with E-state index < -0.39 is 27.5 Å². The lowest BCUT2D eigenvalue weighted by Crippen LogP contribution is -2.65. The number of halogens is 2. The molecule has 0 saturated heterocycles. The average Bonchev–Trinajstić information content (AvgIpc) is 2.87. The molecule has 4 rings (SSSR count). The van der Waals surface area contributed by atoms with E-state index in [1.54, 1.807) is 0 Å². The second-order valence-corrected chi connectivity index (χ2v) is 26.3. The maximum absolute atomic E-state index is 7.50. The molecule has 2 aromatic rings. The zero-order chi connectivity index (χ0) is 29.7. The van der Waals surface area contributed by atoms with E-state index in [9.17, 15) is 0 Å². The minimum absolute atomic E-state index is 0.449. The van der Waals surface area contributed by atoms with Gasteiger partial charge in [0.05, 0.1) is 0 Å². The fraction of sp³-hybridized carbons (Fsp3) is 0.438. The molecule has 0 N–H and O–H groups in total. The molecule has 4 unspecified atom stereocenters. The third-order valence-electron chi connectivity index (χ3n) is 8.97. The molecule has 4 heterocycles. The molecule has 2 nitrogen and oxygen atoms in total. The molecule has 0 aromatic carbocycles. The Kier molecular flexibility index (Phi) is 8.81. The molecule has 0 radical (unpaired) electrons. The van der Waals surface area contributed by atoms with E-state index in [0.29, 0.717) is 23.7 Å². The second kappa shape index (κ2) is 11.2. The SMILES string of the molecule is CC(C)C1C=C[B-](Cl)([n+]2ccc(-c3cc[n+]([B-]4(Cl)C=CC(C(C)C)C=C4[Si](C)(C)C)cc3)cc2)C([Si](C)(C)C)=C1. The molecule has 2 aliphatic rings. The topological polar surface area (TPSA) is 7.76 Å². The van der Waals surface area contributed by atoms with Crippen molar-refractivity contribution in [3.05, 3.63) is 95.5 Å². The number of rotatable bonds is 7. The summed E-state index contributed by atoms with van der Waals surface area (Å²) in [5, 5.41) is 2.88. The van der Waals surface area contributed by atoms with Gasteiger partial charge in [0.2, 0.25) is 0 Å². The maximum Gasteiger partial charge on any atom is 0.401 e. The van der Waals surface area contributed by atoms with Crippen LogP contribution in [0.1, 0.15) is 27.7 Å². The molecule has 0 spiro atoms. The van der Waals surface area contributed by atoms with Crippen LogP contribution in [0.4, 0.5) is 0 Å². The van der Waals surface area contributed by atoms with Crippen molar-refractivity contribution in [3.63, 3.8) is 0 Å². The molecule has 0 aliphatic carbocycles. The standard InChI is InChI=1S/C32H48B2Cl2N2Si2/c1-25(2)29-11-17-33(35,31(23-29)39(5,6)7)37-19-13-27(14-20-37)28-15-21-38(22-16-28)34(36)18-12-30(26(3)4)24-32(34)40(8,9)10/h11-26,29-30H,1-10H3. The molecule has 0 amide bonds. The Bertz CT molecular complexity index is 1250. The highest BCUT2D eigenvalue weighted by Gasteiger charge is 2.44. The molecule has 40 heavy (non-hydrogen) atoms. The Balaban J connectivity index is 1.64. The summed E-state index contributed by atoms with van der Waals surface area (Å²) >= 11 is 15.0. The highest BCUT2D eigenvalue weighted by atomic mass is 35.5. The summed E-state index contributed by atoms with van der Waals surface area (Å²) < 4.78 is 4.45. The number of aromatic nitrogens is 2. The molecule has 2 aromatic heterocycles. The van der Waals surface area contributed by atoms with Crippen molar-refractivity contribution in [2.24, 2.45) is 23.7 Å². The smallest absolute Gasteiger partial charge is 0.401 e. The number of hydrogen-bond acceptors (Lipinski definition) is 0. The quantitative estimate of drug-likeness (QED) is 0.279. The van der Waals surface area contributed by atoms with Crippen LogP contribution in [-0.4, -0.2) is 27.5 Å². The second-order valence-electron chi connectivity index (χ2n) is 14.8. The van der Waals surface area contributed by atoms with Gasteiger partial charge in [0, 0.05) is 40.4 Å². The van der Waals surface area contributed by atoms with Crippen molar-refractivity contribution in [1.82, 2.24) is 0 Å². The molecule has 0 fully saturated rings. The Morgan fingerprint density at radius 1 is 0.600 bits per heavy atom. The summed E-state index contributed by atoms with van der Waals surface area (Å²) in [5.41, 5.74) is -0.587. The molecule has 214 valence electrons. The lowest BCUT2D eigenvalue weighted by atomic mass is 9.55. The summed E-state index contributed by atoms with van der Waals surface area (Å²) in [5.74, 6) is 6.59. The van der Waals surface area contributed by atoms with Gasteiger partial charge in [-0.2, -0.15) is 22.1 Å². The van der Waals surface area contributed by atoms with Crippen molar-refractivity contribution in [2.45, 2.75) is 67.0 Å². The minimum Gasteiger partial charge on any atom is -0.406 e. The number of hydrogen-bond donors (Lipinski definition) is 0. The first kappa shape index (κ1) is 31.3. The fourth-order valence-electron chi connectivity index (χ4n) is 6.38. The van der Waals surface area contributed by atoms with E-state index in [4.69, 9.17) is 22.9 Å². The first-order valence-corrected chi connectivity index (χ1v) is 22.9. The molecule has 8 heteroatoms. The zero-order valence-corrected chi connectivity index (χ0v) is 29.7. The summed E-state index contributed by atoms with van der Waals surface area (Å²) in [4.78, 5) is 0. The van der Waals surface area contributed by atoms with Gasteiger partial charge in [-0.3, -0.25) is 22.9 Å². The predicted molar refractivity (Wildman–Crippen MR) is 184 cm³/mol. The van der Waals surface area contributed by atoms with Gasteiger partial charge in [-0.05, 0) is 34.8 Å². The van der Waals surface area contributed by atoms with Gasteiger partial charge < -0.3 is 8.96 Å². The van der Waals surface area contributed by atoms with E-state index in [-0.39, 0.29) is 0 Å². The Morgan fingerprint density at radius 3 is 1.15 bits per heavy atom. The van der Waals surface area contributed by atoms with Gasteiger partial charge in [-0.1, -0.05) is 67.0 Å². The van der Waals surface area contributed by atoms with Crippen molar-refractivity contribution < 1.29 is 8.96 Å². The van der Waals surface area contributed by atoms with E-state index in [1.165, 1.54) is 21.3 Å². The van der Waals surface area contributed by atoms with Crippen LogP contribution in [0.3, 0.4) is 0 Å². The average molecular weight is 609 g/mol. The maximum atomic E-state index is 7.50. The van der Waals surface area contributed by atoms with E-state index in [1.807, 2.05) is 0 Å². The number of pyridine rings is 2. The molecule has 0 bridgehead atoms. The minimum atomic E-state index is -1.64. The summed E-state index contributed by atoms with van der Waals surface area (Å²) in [6, 6.07) is 8.77. The lowest BCUT2D eigenvalue weighted by Gasteiger charge is -2.40. The summed E-state index contributed by atoms with van der Waals surface area (Å²) in [7, 11) is -3.27. The van der Waals surface area contributed by atoms with Gasteiger partial charge in [-0.15, -0.1) is 24.3 Å². The van der Waals surface area contributed by atoms with Crippen LogP contribution in [0.25, 0.3) is 11.1 Å². The monoisotopic (exact) mass is 608 g/mol. The van der Waals surface area contributed by atoms with Crippen molar-refractivity contribution >= 4 is 50.5 Å². The summed E-state index contributed by atoms with van der Waals surface area (Å²) in [6.45, 7) is 23.6. The lowest BCUT2D eigenvalue weighted by molar-refractivity contribution is -0.539. The molecular formula is C32H48B2Cl2N2Si2. The van der Waals surface area contributed by atoms with Crippen LogP contribution in [0.5, 0.6) is 0 Å². The molecular weight excluding hydrogens is 561 g/mol. The zero-order valence-electron chi connectivity index (χ0n) is 26.2. The Labute approximate surface area is 255 Å². The summed E-state index contributed by atoms with van der Waals surface area (Å²) in [6.07, 6.45) is 18.2. The van der Waals surface area contributed by atoms with Gasteiger partial charge in [0.1, 0.15) is 24.8 Å². The first-order valence-electron chi connectivity index (χ1n) is 15.0. The predicted octanol–water partition coefficient (Wildman–Crippen LogP) is 8.44. The van der Waals surface area contributed by atoms with Gasteiger partial charge in [0.15, 0.2) is 0 Å². The van der Waals surface area contributed by atoms with Crippen LogP contribution in [0, 0.1) is 23.7 Å². The largest absolute Gasteiger partial charge is 0.406 e. The van der Waals surface area contributed by atoms with Crippen LogP contribution in [0.15, 0.2) is 95.5 Å². The van der Waals surface area contributed by atoms with Crippen molar-refractivity contribution in [2.75, 3.05) is 0 Å². The molecule has 4 atom stereocenters. The normalized spacial score (nSPS) is 27.2. The van der Waals surface area contributed by atoms with Crippen LogP contribution in [0.2, 0.25) is 39.3 Å². The van der Waals surface area contributed by atoms with Gasteiger partial charge in [0.25, 0.3) is 0 Å². The van der Waals surface area contributed by atoms with Crippen molar-refractivity contribution in [3.8, 4) is 11.1 Å². The van der Waals surface area contributed by atoms with E-state index in [2.05, 4.69) is 161 Å². The van der Waals surface area contributed by atoms with Crippen LogP contribution < -0.4 is 8.96 Å². The van der Waals surface area contributed by atoms with Crippen LogP contribution >= 0.6 is 22.9 Å². The Morgan fingerprint density at radius 2 is 0.900 bits per heavy atom. The van der Waals surface area contributed by atoms with Crippen LogP contribution in [-0.2, 0) is 0 Å². The van der Waals surface area contributed by atoms with E-state index in [0.717, 1.165) is 0 Å². The third kappa shape index (κ3) is 6.11. The molecule has 2 aliphatic heterocycles. The van der Waals surface area contributed by atoms with Gasteiger partial charge >= 0.3 is 11.4 Å². The van der Waals surface area contributed by atoms with E-state index >= 15 is 0 Å². The first-order chi connectivity index (χ1) is 18.5.